The predicted octanol–water partition coefficient (Wildman–Crippen LogP) is 1.39. The lowest BCUT2D eigenvalue weighted by Gasteiger charge is -2.22. The van der Waals surface area contributed by atoms with Crippen molar-refractivity contribution in [1.29, 1.82) is 0 Å². The van der Waals surface area contributed by atoms with Crippen LogP contribution in [-0.2, 0) is 9.59 Å². The van der Waals surface area contributed by atoms with Gasteiger partial charge in [-0.25, -0.2) is 4.39 Å². The first-order chi connectivity index (χ1) is 9.90. The van der Waals surface area contributed by atoms with E-state index in [4.69, 9.17) is 5.11 Å². The van der Waals surface area contributed by atoms with Gasteiger partial charge in [0.05, 0.1) is 5.75 Å². The van der Waals surface area contributed by atoms with Crippen LogP contribution in [0.2, 0.25) is 0 Å². The van der Waals surface area contributed by atoms with Crippen LogP contribution in [0.25, 0.3) is 0 Å². The van der Waals surface area contributed by atoms with Gasteiger partial charge in [-0.05, 0) is 26.2 Å². The molecule has 1 amide bonds. The van der Waals surface area contributed by atoms with Gasteiger partial charge < -0.3 is 14.9 Å². The number of hydrogen-bond donors (Lipinski definition) is 1. The molecule has 1 rings (SSSR count). The lowest BCUT2D eigenvalue weighted by atomic mass is 10.3. The molecule has 1 N–H and O–H groups in total. The van der Waals surface area contributed by atoms with E-state index in [0.717, 1.165) is 11.8 Å². The third-order valence-electron chi connectivity index (χ3n) is 2.68. The minimum absolute atomic E-state index is 0.0155. The quantitative estimate of drug-likeness (QED) is 0.735. The number of carbonyl (C=O) groups is 2. The molecular weight excluding hydrogens is 295 g/mol. The second-order valence-corrected chi connectivity index (χ2v) is 5.75. The van der Waals surface area contributed by atoms with Crippen molar-refractivity contribution in [2.45, 2.75) is 4.90 Å². The number of carboxylic acid groups (broad SMARTS) is 1. The van der Waals surface area contributed by atoms with Gasteiger partial charge in [-0.2, -0.15) is 0 Å². The summed E-state index contributed by atoms with van der Waals surface area (Å²) in [5.41, 5.74) is 0. The largest absolute Gasteiger partial charge is 0.480 e. The third-order valence-corrected chi connectivity index (χ3v) is 3.72. The van der Waals surface area contributed by atoms with Gasteiger partial charge in [-0.1, -0.05) is 12.1 Å². The molecule has 0 saturated carbocycles. The van der Waals surface area contributed by atoms with E-state index in [2.05, 4.69) is 0 Å². The summed E-state index contributed by atoms with van der Waals surface area (Å²) >= 11 is 1.07. The Kier molecular flexibility index (Phi) is 7.18. The topological polar surface area (TPSA) is 60.9 Å². The van der Waals surface area contributed by atoms with Crippen molar-refractivity contribution in [1.82, 2.24) is 9.80 Å². The second-order valence-electron chi connectivity index (χ2n) is 4.73. The zero-order chi connectivity index (χ0) is 15.8. The van der Waals surface area contributed by atoms with Crippen LogP contribution in [0.4, 0.5) is 4.39 Å². The van der Waals surface area contributed by atoms with Gasteiger partial charge in [0.1, 0.15) is 12.4 Å². The molecule has 0 aliphatic rings. The number of carboxylic acids is 1. The van der Waals surface area contributed by atoms with Gasteiger partial charge in [0.25, 0.3) is 0 Å². The van der Waals surface area contributed by atoms with E-state index < -0.39 is 5.97 Å². The van der Waals surface area contributed by atoms with E-state index in [-0.39, 0.29) is 24.0 Å². The standard InChI is InChI=1S/C14H19FN2O3S/c1-16(2)7-8-17(9-14(19)20)13(18)10-21-12-6-4-3-5-11(12)15/h3-6H,7-10H2,1-2H3,(H,19,20). The van der Waals surface area contributed by atoms with Crippen LogP contribution >= 0.6 is 11.8 Å². The summed E-state index contributed by atoms with van der Waals surface area (Å²) in [7, 11) is 3.69. The van der Waals surface area contributed by atoms with Crippen LogP contribution in [0.5, 0.6) is 0 Å². The van der Waals surface area contributed by atoms with Gasteiger partial charge in [0, 0.05) is 18.0 Å². The van der Waals surface area contributed by atoms with E-state index in [0.29, 0.717) is 18.0 Å². The molecule has 0 aliphatic heterocycles. The first-order valence-electron chi connectivity index (χ1n) is 6.41. The summed E-state index contributed by atoms with van der Waals surface area (Å²) in [6.45, 7) is 0.559. The van der Waals surface area contributed by atoms with Gasteiger partial charge in [0.15, 0.2) is 0 Å². The summed E-state index contributed by atoms with van der Waals surface area (Å²) < 4.78 is 13.5. The maximum absolute atomic E-state index is 13.5. The number of aliphatic carboxylic acids is 1. The van der Waals surface area contributed by atoms with Gasteiger partial charge in [0.2, 0.25) is 5.91 Å². The number of hydrogen-bond acceptors (Lipinski definition) is 4. The molecule has 0 bridgehead atoms. The highest BCUT2D eigenvalue weighted by Crippen LogP contribution is 2.21. The van der Waals surface area contributed by atoms with Crippen molar-refractivity contribution in [3.8, 4) is 0 Å². The van der Waals surface area contributed by atoms with Crippen LogP contribution in [0, 0.1) is 5.82 Å². The van der Waals surface area contributed by atoms with Gasteiger partial charge in [-0.3, -0.25) is 9.59 Å². The Morgan fingerprint density at radius 3 is 2.48 bits per heavy atom. The van der Waals surface area contributed by atoms with Crippen LogP contribution in [-0.4, -0.2) is 66.3 Å². The van der Waals surface area contributed by atoms with Crippen molar-refractivity contribution in [3.05, 3.63) is 30.1 Å². The molecule has 1 aromatic rings. The van der Waals surface area contributed by atoms with Crippen LogP contribution in [0.1, 0.15) is 0 Å². The second kappa shape index (κ2) is 8.63. The monoisotopic (exact) mass is 314 g/mol. The van der Waals surface area contributed by atoms with Crippen molar-refractivity contribution < 1.29 is 19.1 Å². The zero-order valence-electron chi connectivity index (χ0n) is 12.1. The summed E-state index contributed by atoms with van der Waals surface area (Å²) in [4.78, 5) is 26.4. The van der Waals surface area contributed by atoms with Crippen LogP contribution in [0.3, 0.4) is 0 Å². The van der Waals surface area contributed by atoms with Gasteiger partial charge in [-0.15, -0.1) is 11.8 Å². The minimum atomic E-state index is -1.06. The maximum Gasteiger partial charge on any atom is 0.323 e. The van der Waals surface area contributed by atoms with Crippen molar-refractivity contribution in [3.63, 3.8) is 0 Å². The highest BCUT2D eigenvalue weighted by atomic mass is 32.2. The summed E-state index contributed by atoms with van der Waals surface area (Å²) in [6, 6.07) is 6.19. The first-order valence-corrected chi connectivity index (χ1v) is 7.40. The number of amides is 1. The summed E-state index contributed by atoms with van der Waals surface area (Å²) in [6.07, 6.45) is 0. The molecule has 0 saturated heterocycles. The number of likely N-dealkylation sites (N-methyl/N-ethyl adjacent to an activating group) is 1. The average molecular weight is 314 g/mol. The van der Waals surface area contributed by atoms with Crippen LogP contribution < -0.4 is 0 Å². The number of rotatable bonds is 8. The molecule has 0 atom stereocenters. The molecule has 0 unspecified atom stereocenters. The van der Waals surface area contributed by atoms with Crippen molar-refractivity contribution >= 4 is 23.6 Å². The normalized spacial score (nSPS) is 10.7. The lowest BCUT2D eigenvalue weighted by Crippen LogP contribution is -2.40. The molecule has 0 aromatic heterocycles. The minimum Gasteiger partial charge on any atom is -0.480 e. The molecule has 5 nitrogen and oxygen atoms in total. The average Bonchev–Trinajstić information content (AvgIpc) is 2.41. The Morgan fingerprint density at radius 2 is 1.90 bits per heavy atom. The van der Waals surface area contributed by atoms with E-state index >= 15 is 0 Å². The Labute approximate surface area is 127 Å². The Hall–Kier alpha value is -1.60. The Bertz CT molecular complexity index is 497. The molecular formula is C14H19FN2O3S. The fraction of sp³-hybridized carbons (Fsp3) is 0.429. The zero-order valence-corrected chi connectivity index (χ0v) is 12.9. The first kappa shape index (κ1) is 17.5. The summed E-state index contributed by atoms with van der Waals surface area (Å²) in [5.74, 6) is -1.74. The molecule has 0 spiro atoms. The molecule has 0 radical (unpaired) electrons. The highest BCUT2D eigenvalue weighted by molar-refractivity contribution is 8.00. The van der Waals surface area contributed by atoms with Crippen molar-refractivity contribution in [2.24, 2.45) is 0 Å². The molecule has 116 valence electrons. The Morgan fingerprint density at radius 1 is 1.24 bits per heavy atom. The predicted molar refractivity (Wildman–Crippen MR) is 79.9 cm³/mol. The molecule has 1 aromatic carbocycles. The molecule has 0 heterocycles. The highest BCUT2D eigenvalue weighted by Gasteiger charge is 2.17. The number of carbonyl (C=O) groups excluding carboxylic acids is 1. The SMILES string of the molecule is CN(C)CCN(CC(=O)O)C(=O)CSc1ccccc1F. The van der Waals surface area contributed by atoms with E-state index in [1.807, 2.05) is 19.0 Å². The van der Waals surface area contributed by atoms with E-state index in [1.165, 1.54) is 11.0 Å². The van der Waals surface area contributed by atoms with Crippen molar-refractivity contribution in [2.75, 3.05) is 39.5 Å². The molecule has 7 heteroatoms. The fourth-order valence-corrected chi connectivity index (χ4v) is 2.41. The third kappa shape index (κ3) is 6.59. The smallest absolute Gasteiger partial charge is 0.323 e. The summed E-state index contributed by atoms with van der Waals surface area (Å²) in [5, 5.41) is 8.85. The molecule has 0 aliphatic carbocycles. The lowest BCUT2D eigenvalue weighted by molar-refractivity contribution is -0.143. The van der Waals surface area contributed by atoms with E-state index in [1.54, 1.807) is 18.2 Å². The number of nitrogens with zero attached hydrogens (tertiary/aromatic N) is 2. The van der Waals surface area contributed by atoms with E-state index in [9.17, 15) is 14.0 Å². The Balaban J connectivity index is 2.59. The molecule has 21 heavy (non-hydrogen) atoms. The van der Waals surface area contributed by atoms with Crippen LogP contribution in [0.15, 0.2) is 29.2 Å². The number of halogens is 1. The fourth-order valence-electron chi connectivity index (χ4n) is 1.57. The maximum atomic E-state index is 13.5. The number of benzene rings is 1. The molecule has 0 fully saturated rings. The van der Waals surface area contributed by atoms with Gasteiger partial charge >= 0.3 is 5.97 Å². The number of thioether (sulfide) groups is 1.